The van der Waals surface area contributed by atoms with Crippen molar-refractivity contribution in [3.63, 3.8) is 0 Å². The number of hydrogen-bond acceptors (Lipinski definition) is 2. The molecule has 1 aromatic carbocycles. The van der Waals surface area contributed by atoms with E-state index in [0.29, 0.717) is 22.0 Å². The first-order valence-corrected chi connectivity index (χ1v) is 4.79. The van der Waals surface area contributed by atoms with Crippen molar-refractivity contribution < 1.29 is 4.52 Å². The molecule has 74 valence electrons. The SMILES string of the molecule is C#Cc1c(-c2ccc(Cl)cc2)noc1C. The number of aryl methyl sites for hydroxylation is 1. The molecule has 0 saturated heterocycles. The summed E-state index contributed by atoms with van der Waals surface area (Å²) < 4.78 is 5.05. The van der Waals surface area contributed by atoms with Gasteiger partial charge in [-0.25, -0.2) is 0 Å². The molecule has 2 aromatic rings. The minimum absolute atomic E-state index is 0.655. The molecule has 0 fully saturated rings. The van der Waals surface area contributed by atoms with Crippen molar-refractivity contribution in [3.8, 4) is 23.6 Å². The van der Waals surface area contributed by atoms with Crippen LogP contribution in [-0.4, -0.2) is 5.16 Å². The fraction of sp³-hybridized carbons (Fsp3) is 0.0833. The second-order valence-corrected chi connectivity index (χ2v) is 3.55. The second kappa shape index (κ2) is 3.80. The zero-order valence-corrected chi connectivity index (χ0v) is 8.88. The standard InChI is InChI=1S/C12H8ClNO/c1-3-11-8(2)15-14-12(11)9-4-6-10(13)7-5-9/h1,4-7H,2H3. The lowest BCUT2D eigenvalue weighted by Crippen LogP contribution is -1.82. The van der Waals surface area contributed by atoms with Crippen LogP contribution in [0.15, 0.2) is 28.8 Å². The summed E-state index contributed by atoms with van der Waals surface area (Å²) in [4.78, 5) is 0. The van der Waals surface area contributed by atoms with E-state index < -0.39 is 0 Å². The molecule has 3 heteroatoms. The summed E-state index contributed by atoms with van der Waals surface area (Å²) in [6.45, 7) is 1.79. The second-order valence-electron chi connectivity index (χ2n) is 3.11. The lowest BCUT2D eigenvalue weighted by atomic mass is 10.1. The van der Waals surface area contributed by atoms with Gasteiger partial charge in [0.25, 0.3) is 0 Å². The fourth-order valence-corrected chi connectivity index (χ4v) is 1.47. The Morgan fingerprint density at radius 1 is 1.33 bits per heavy atom. The van der Waals surface area contributed by atoms with Crippen LogP contribution in [0.1, 0.15) is 11.3 Å². The molecule has 0 unspecified atom stereocenters. The van der Waals surface area contributed by atoms with Crippen molar-refractivity contribution in [2.24, 2.45) is 0 Å². The predicted octanol–water partition coefficient (Wildman–Crippen LogP) is 3.28. The van der Waals surface area contributed by atoms with Crippen molar-refractivity contribution in [3.05, 3.63) is 40.6 Å². The van der Waals surface area contributed by atoms with Crippen molar-refractivity contribution >= 4 is 11.6 Å². The third-order valence-electron chi connectivity index (χ3n) is 2.12. The fourth-order valence-electron chi connectivity index (χ4n) is 1.35. The summed E-state index contributed by atoms with van der Waals surface area (Å²) in [7, 11) is 0. The average molecular weight is 218 g/mol. The number of benzene rings is 1. The van der Waals surface area contributed by atoms with Crippen LogP contribution < -0.4 is 0 Å². The summed E-state index contributed by atoms with van der Waals surface area (Å²) >= 11 is 5.79. The highest BCUT2D eigenvalue weighted by atomic mass is 35.5. The van der Waals surface area contributed by atoms with Crippen LogP contribution in [0.5, 0.6) is 0 Å². The van der Waals surface area contributed by atoms with Crippen LogP contribution in [0.3, 0.4) is 0 Å². The Kier molecular flexibility index (Phi) is 2.49. The summed E-state index contributed by atoms with van der Waals surface area (Å²) in [5.74, 6) is 3.22. The number of hydrogen-bond donors (Lipinski definition) is 0. The maximum atomic E-state index is 5.79. The zero-order chi connectivity index (χ0) is 10.8. The van der Waals surface area contributed by atoms with Crippen LogP contribution in [0.4, 0.5) is 0 Å². The smallest absolute Gasteiger partial charge is 0.149 e. The summed E-state index contributed by atoms with van der Waals surface area (Å²) in [6.07, 6.45) is 5.39. The highest BCUT2D eigenvalue weighted by Crippen LogP contribution is 2.25. The third kappa shape index (κ3) is 1.74. The third-order valence-corrected chi connectivity index (χ3v) is 2.38. The van der Waals surface area contributed by atoms with Gasteiger partial charge in [-0.05, 0) is 19.1 Å². The summed E-state index contributed by atoms with van der Waals surface area (Å²) in [5.41, 5.74) is 2.29. The molecule has 0 aliphatic carbocycles. The van der Waals surface area contributed by atoms with Gasteiger partial charge in [-0.2, -0.15) is 0 Å². The highest BCUT2D eigenvalue weighted by Gasteiger charge is 2.11. The van der Waals surface area contributed by atoms with E-state index in [9.17, 15) is 0 Å². The molecule has 1 aromatic heterocycles. The van der Waals surface area contributed by atoms with Crippen molar-refractivity contribution in [1.82, 2.24) is 5.16 Å². The zero-order valence-electron chi connectivity index (χ0n) is 8.12. The molecule has 0 bridgehead atoms. The van der Waals surface area contributed by atoms with Crippen LogP contribution in [0, 0.1) is 19.3 Å². The van der Waals surface area contributed by atoms with Gasteiger partial charge >= 0.3 is 0 Å². The molecular formula is C12H8ClNO. The molecule has 0 saturated carbocycles. The van der Waals surface area contributed by atoms with Gasteiger partial charge in [-0.3, -0.25) is 0 Å². The van der Waals surface area contributed by atoms with Gasteiger partial charge in [0.1, 0.15) is 11.5 Å². The predicted molar refractivity (Wildman–Crippen MR) is 59.6 cm³/mol. The van der Waals surface area contributed by atoms with Gasteiger partial charge < -0.3 is 4.52 Å². The van der Waals surface area contributed by atoms with Crippen molar-refractivity contribution in [1.29, 1.82) is 0 Å². The Bertz CT molecular complexity index is 520. The number of rotatable bonds is 1. The maximum absolute atomic E-state index is 5.79. The number of halogens is 1. The molecule has 0 amide bonds. The van der Waals surface area contributed by atoms with E-state index in [1.807, 2.05) is 12.1 Å². The van der Waals surface area contributed by atoms with Gasteiger partial charge in [-0.15, -0.1) is 6.42 Å². The Hall–Kier alpha value is -1.72. The molecule has 0 aliphatic heterocycles. The van der Waals surface area contributed by atoms with Crippen LogP contribution in [-0.2, 0) is 0 Å². The highest BCUT2D eigenvalue weighted by molar-refractivity contribution is 6.30. The first kappa shape index (κ1) is 9.82. The molecule has 15 heavy (non-hydrogen) atoms. The van der Waals surface area contributed by atoms with Crippen molar-refractivity contribution in [2.45, 2.75) is 6.92 Å². The van der Waals surface area contributed by atoms with E-state index in [-0.39, 0.29) is 0 Å². The molecular weight excluding hydrogens is 210 g/mol. The molecule has 0 radical (unpaired) electrons. The maximum Gasteiger partial charge on any atom is 0.149 e. The number of nitrogens with zero attached hydrogens (tertiary/aromatic N) is 1. The van der Waals surface area contributed by atoms with E-state index in [4.69, 9.17) is 22.5 Å². The average Bonchev–Trinajstić information content (AvgIpc) is 2.61. The van der Waals surface area contributed by atoms with Gasteiger partial charge in [0.15, 0.2) is 0 Å². The van der Waals surface area contributed by atoms with Gasteiger partial charge in [0, 0.05) is 10.6 Å². The summed E-state index contributed by atoms with van der Waals surface area (Å²) in [5, 5.41) is 4.61. The Labute approximate surface area is 92.9 Å². The van der Waals surface area contributed by atoms with Gasteiger partial charge in [0.05, 0.1) is 5.56 Å². The minimum Gasteiger partial charge on any atom is -0.360 e. The van der Waals surface area contributed by atoms with E-state index in [1.54, 1.807) is 19.1 Å². The Morgan fingerprint density at radius 2 is 2.00 bits per heavy atom. The van der Waals surface area contributed by atoms with Crippen molar-refractivity contribution in [2.75, 3.05) is 0 Å². The van der Waals surface area contributed by atoms with Crippen LogP contribution >= 0.6 is 11.6 Å². The molecule has 0 N–H and O–H groups in total. The normalized spacial score (nSPS) is 9.93. The van der Waals surface area contributed by atoms with E-state index in [2.05, 4.69) is 11.1 Å². The van der Waals surface area contributed by atoms with Crippen LogP contribution in [0.25, 0.3) is 11.3 Å². The lowest BCUT2D eigenvalue weighted by Gasteiger charge is -1.96. The molecule has 0 atom stereocenters. The molecule has 1 heterocycles. The van der Waals surface area contributed by atoms with Gasteiger partial charge in [0.2, 0.25) is 0 Å². The Morgan fingerprint density at radius 3 is 2.60 bits per heavy atom. The number of terminal acetylenes is 1. The molecule has 0 spiro atoms. The summed E-state index contributed by atoms with van der Waals surface area (Å²) in [6, 6.07) is 7.31. The molecule has 2 rings (SSSR count). The lowest BCUT2D eigenvalue weighted by molar-refractivity contribution is 0.399. The quantitative estimate of drug-likeness (QED) is 0.686. The molecule has 0 aliphatic rings. The van der Waals surface area contributed by atoms with Crippen LogP contribution in [0.2, 0.25) is 5.02 Å². The largest absolute Gasteiger partial charge is 0.360 e. The van der Waals surface area contributed by atoms with E-state index in [0.717, 1.165) is 5.56 Å². The first-order chi connectivity index (χ1) is 7.22. The monoisotopic (exact) mass is 217 g/mol. The van der Waals surface area contributed by atoms with E-state index >= 15 is 0 Å². The van der Waals surface area contributed by atoms with Gasteiger partial charge in [-0.1, -0.05) is 34.8 Å². The van der Waals surface area contributed by atoms with E-state index in [1.165, 1.54) is 0 Å². The Balaban J connectivity index is 2.55. The topological polar surface area (TPSA) is 26.0 Å². The molecule has 2 nitrogen and oxygen atoms in total. The number of aromatic nitrogens is 1. The minimum atomic E-state index is 0.655. The first-order valence-electron chi connectivity index (χ1n) is 4.41.